The highest BCUT2D eigenvalue weighted by Crippen LogP contribution is 2.29. The summed E-state index contributed by atoms with van der Waals surface area (Å²) >= 11 is 0. The number of carboxylic acids is 1. The molecular weight excluding hydrogens is 218 g/mol. The van der Waals surface area contributed by atoms with Crippen LogP contribution in [-0.4, -0.2) is 22.5 Å². The second kappa shape index (κ2) is 6.03. The van der Waals surface area contributed by atoms with Gasteiger partial charge in [-0.2, -0.15) is 0 Å². The number of amides is 1. The molecule has 1 rings (SSSR count). The van der Waals surface area contributed by atoms with Crippen molar-refractivity contribution in [1.82, 2.24) is 5.32 Å². The average molecular weight is 241 g/mol. The van der Waals surface area contributed by atoms with Crippen molar-refractivity contribution in [3.05, 3.63) is 0 Å². The van der Waals surface area contributed by atoms with Gasteiger partial charge in [-0.25, -0.2) is 4.79 Å². The van der Waals surface area contributed by atoms with Crippen molar-refractivity contribution in [2.45, 2.75) is 64.3 Å². The van der Waals surface area contributed by atoms with Gasteiger partial charge in [-0.3, -0.25) is 4.79 Å². The van der Waals surface area contributed by atoms with Crippen LogP contribution >= 0.6 is 0 Å². The molecule has 0 radical (unpaired) electrons. The van der Waals surface area contributed by atoms with E-state index in [0.717, 1.165) is 32.1 Å². The molecule has 0 aliphatic heterocycles. The number of aliphatic carboxylic acids is 1. The Labute approximate surface area is 103 Å². The molecule has 1 amide bonds. The van der Waals surface area contributed by atoms with E-state index in [4.69, 9.17) is 0 Å². The maximum Gasteiger partial charge on any atom is 0.329 e. The van der Waals surface area contributed by atoms with Crippen LogP contribution in [0.25, 0.3) is 0 Å². The molecule has 0 heterocycles. The Morgan fingerprint density at radius 1 is 1.29 bits per heavy atom. The largest absolute Gasteiger partial charge is 0.480 e. The molecule has 0 saturated heterocycles. The first kappa shape index (κ1) is 14.0. The van der Waals surface area contributed by atoms with Crippen molar-refractivity contribution >= 4 is 11.9 Å². The zero-order valence-corrected chi connectivity index (χ0v) is 10.8. The van der Waals surface area contributed by atoms with Crippen LogP contribution in [0.4, 0.5) is 0 Å². The predicted molar refractivity (Wildman–Crippen MR) is 65.7 cm³/mol. The summed E-state index contributed by atoms with van der Waals surface area (Å²) in [5, 5.41) is 12.1. The first-order valence-corrected chi connectivity index (χ1v) is 6.57. The number of carboxylic acid groups (broad SMARTS) is 1. The highest BCUT2D eigenvalue weighted by molar-refractivity contribution is 5.88. The maximum atomic E-state index is 11.9. The maximum absolute atomic E-state index is 11.9. The Morgan fingerprint density at radius 3 is 2.35 bits per heavy atom. The summed E-state index contributed by atoms with van der Waals surface area (Å²) < 4.78 is 0. The van der Waals surface area contributed by atoms with Gasteiger partial charge in [0.1, 0.15) is 5.54 Å². The Hall–Kier alpha value is -1.06. The minimum absolute atomic E-state index is 0.0989. The highest BCUT2D eigenvalue weighted by Gasteiger charge is 2.41. The first-order valence-electron chi connectivity index (χ1n) is 6.57. The fraction of sp³-hybridized carbons (Fsp3) is 0.846. The molecule has 1 atom stereocenters. The van der Waals surface area contributed by atoms with Crippen LogP contribution in [0.15, 0.2) is 0 Å². The lowest BCUT2D eigenvalue weighted by molar-refractivity contribution is -0.150. The molecule has 4 heteroatoms. The minimum Gasteiger partial charge on any atom is -0.480 e. The molecule has 0 spiro atoms. The molecule has 1 fully saturated rings. The molecule has 17 heavy (non-hydrogen) atoms. The highest BCUT2D eigenvalue weighted by atomic mass is 16.4. The van der Waals surface area contributed by atoms with E-state index in [0.29, 0.717) is 12.8 Å². The standard InChI is InChI=1S/C13H23NO3/c1-3-7-10(2)11(15)14-13(12(16)17)8-5-4-6-9-13/h10H,3-9H2,1-2H3,(H,14,15)(H,16,17). The minimum atomic E-state index is -1.00. The number of carbonyl (C=O) groups is 2. The third-order valence-electron chi connectivity index (χ3n) is 3.65. The van der Waals surface area contributed by atoms with Gasteiger partial charge < -0.3 is 10.4 Å². The number of hydrogen-bond acceptors (Lipinski definition) is 2. The van der Waals surface area contributed by atoms with E-state index in [2.05, 4.69) is 5.32 Å². The van der Waals surface area contributed by atoms with Crippen LogP contribution in [-0.2, 0) is 9.59 Å². The van der Waals surface area contributed by atoms with E-state index >= 15 is 0 Å². The van der Waals surface area contributed by atoms with Gasteiger partial charge in [0.2, 0.25) is 5.91 Å². The second-order valence-electron chi connectivity index (χ2n) is 5.13. The Kier molecular flexibility index (Phi) is 4.97. The van der Waals surface area contributed by atoms with Gasteiger partial charge in [-0.05, 0) is 19.3 Å². The Bertz CT molecular complexity index is 282. The van der Waals surface area contributed by atoms with Gasteiger partial charge in [0.25, 0.3) is 0 Å². The molecular formula is C13H23NO3. The smallest absolute Gasteiger partial charge is 0.329 e. The van der Waals surface area contributed by atoms with Crippen LogP contribution in [0.2, 0.25) is 0 Å². The second-order valence-corrected chi connectivity index (χ2v) is 5.13. The Balaban J connectivity index is 2.66. The van der Waals surface area contributed by atoms with Crippen LogP contribution in [0.1, 0.15) is 58.8 Å². The number of hydrogen-bond donors (Lipinski definition) is 2. The number of nitrogens with one attached hydrogen (secondary N) is 1. The molecule has 1 aliphatic rings. The fourth-order valence-electron chi connectivity index (χ4n) is 2.47. The van der Waals surface area contributed by atoms with E-state index < -0.39 is 11.5 Å². The van der Waals surface area contributed by atoms with Crippen molar-refractivity contribution in [2.75, 3.05) is 0 Å². The molecule has 1 aliphatic carbocycles. The van der Waals surface area contributed by atoms with E-state index in [1.54, 1.807) is 0 Å². The topological polar surface area (TPSA) is 66.4 Å². The molecule has 4 nitrogen and oxygen atoms in total. The van der Waals surface area contributed by atoms with Crippen molar-refractivity contribution < 1.29 is 14.7 Å². The summed E-state index contributed by atoms with van der Waals surface area (Å²) in [7, 11) is 0. The summed E-state index contributed by atoms with van der Waals surface area (Å²) in [4.78, 5) is 23.3. The van der Waals surface area contributed by atoms with Crippen LogP contribution in [0, 0.1) is 5.92 Å². The zero-order valence-electron chi connectivity index (χ0n) is 10.8. The average Bonchev–Trinajstić information content (AvgIpc) is 2.30. The molecule has 98 valence electrons. The van der Waals surface area contributed by atoms with Crippen LogP contribution < -0.4 is 5.32 Å². The van der Waals surface area contributed by atoms with Gasteiger partial charge in [0.15, 0.2) is 0 Å². The summed E-state index contributed by atoms with van der Waals surface area (Å²) in [6, 6.07) is 0. The molecule has 0 aromatic heterocycles. The first-order chi connectivity index (χ1) is 8.02. The van der Waals surface area contributed by atoms with E-state index in [1.807, 2.05) is 13.8 Å². The van der Waals surface area contributed by atoms with Gasteiger partial charge in [-0.1, -0.05) is 39.5 Å². The monoisotopic (exact) mass is 241 g/mol. The summed E-state index contributed by atoms with van der Waals surface area (Å²) in [5.41, 5.74) is -1.00. The lowest BCUT2D eigenvalue weighted by atomic mass is 9.81. The lowest BCUT2D eigenvalue weighted by Gasteiger charge is -2.34. The van der Waals surface area contributed by atoms with Gasteiger partial charge in [0, 0.05) is 5.92 Å². The predicted octanol–water partition coefficient (Wildman–Crippen LogP) is 2.33. The van der Waals surface area contributed by atoms with Gasteiger partial charge in [0.05, 0.1) is 0 Å². The molecule has 0 aromatic rings. The van der Waals surface area contributed by atoms with Gasteiger partial charge >= 0.3 is 5.97 Å². The number of rotatable bonds is 5. The zero-order chi connectivity index (χ0) is 12.9. The molecule has 1 unspecified atom stereocenters. The normalized spacial score (nSPS) is 20.6. The van der Waals surface area contributed by atoms with Crippen LogP contribution in [0.5, 0.6) is 0 Å². The van der Waals surface area contributed by atoms with E-state index in [1.165, 1.54) is 0 Å². The van der Waals surface area contributed by atoms with Crippen LogP contribution in [0.3, 0.4) is 0 Å². The molecule has 0 bridgehead atoms. The van der Waals surface area contributed by atoms with Gasteiger partial charge in [-0.15, -0.1) is 0 Å². The Morgan fingerprint density at radius 2 is 1.88 bits per heavy atom. The van der Waals surface area contributed by atoms with E-state index in [9.17, 15) is 14.7 Å². The van der Waals surface area contributed by atoms with Crippen molar-refractivity contribution in [1.29, 1.82) is 0 Å². The third-order valence-corrected chi connectivity index (χ3v) is 3.65. The molecule has 2 N–H and O–H groups in total. The van der Waals surface area contributed by atoms with Crippen molar-refractivity contribution in [3.63, 3.8) is 0 Å². The van der Waals surface area contributed by atoms with Crippen molar-refractivity contribution in [3.8, 4) is 0 Å². The van der Waals surface area contributed by atoms with E-state index in [-0.39, 0.29) is 11.8 Å². The quantitative estimate of drug-likeness (QED) is 0.776. The molecule has 0 aromatic carbocycles. The van der Waals surface area contributed by atoms with Crippen molar-refractivity contribution in [2.24, 2.45) is 5.92 Å². The number of carbonyl (C=O) groups excluding carboxylic acids is 1. The summed E-state index contributed by atoms with van der Waals surface area (Å²) in [6.45, 7) is 3.88. The lowest BCUT2D eigenvalue weighted by Crippen LogP contribution is -2.56. The SMILES string of the molecule is CCCC(C)C(=O)NC1(C(=O)O)CCCCC1. The third kappa shape index (κ3) is 3.45. The summed E-state index contributed by atoms with van der Waals surface area (Å²) in [5.74, 6) is -1.09. The molecule has 1 saturated carbocycles. The summed E-state index contributed by atoms with van der Waals surface area (Å²) in [6.07, 6.45) is 5.70. The fourth-order valence-corrected chi connectivity index (χ4v) is 2.47.